The van der Waals surface area contributed by atoms with Gasteiger partial charge < -0.3 is 0 Å². The van der Waals surface area contributed by atoms with Gasteiger partial charge in [0.2, 0.25) is 0 Å². The predicted octanol–water partition coefficient (Wildman–Crippen LogP) is 3.71. The fourth-order valence-corrected chi connectivity index (χ4v) is 4.64. The van der Waals surface area contributed by atoms with Crippen LogP contribution in [0.1, 0.15) is 31.0 Å². The Bertz CT molecular complexity index is 874. The Kier molecular flexibility index (Phi) is 4.82. The lowest BCUT2D eigenvalue weighted by Crippen LogP contribution is -2.30. The molecule has 0 bridgehead atoms. The summed E-state index contributed by atoms with van der Waals surface area (Å²) in [6.45, 7) is 4.10. The van der Waals surface area contributed by atoms with Crippen molar-refractivity contribution in [1.82, 2.24) is 8.61 Å². The summed E-state index contributed by atoms with van der Waals surface area (Å²) in [7, 11) is -0.320. The van der Waals surface area contributed by atoms with Crippen molar-refractivity contribution in [2.45, 2.75) is 25.9 Å². The van der Waals surface area contributed by atoms with E-state index in [-0.39, 0.29) is 12.1 Å². The second-order valence-corrected chi connectivity index (χ2v) is 8.64. The molecule has 0 radical (unpaired) electrons. The van der Waals surface area contributed by atoms with Crippen molar-refractivity contribution in [1.29, 1.82) is 0 Å². The summed E-state index contributed by atoms with van der Waals surface area (Å²) in [6, 6.07) is 19.7. The first-order valence-electron chi connectivity index (χ1n) is 8.34. The number of nitrogens with zero attached hydrogens (tertiary/aromatic N) is 2. The Balaban J connectivity index is 2.03. The van der Waals surface area contributed by atoms with Crippen molar-refractivity contribution in [3.05, 3.63) is 77.4 Å². The van der Waals surface area contributed by atoms with Gasteiger partial charge >= 0.3 is 0 Å². The van der Waals surface area contributed by atoms with Gasteiger partial charge in [0, 0.05) is 14.1 Å². The standard InChI is InChI=1S/C20H24N2O2S/c1-15(17-11-7-5-8-12-17)16(2)19-20(18-13-9-6-10-14-18)22(19)25(23,24)21(3)4/h5-14,19-20H,1-4H3/b16-15+/t19-,20+,22?/m0/s1. The average Bonchev–Trinajstić information content (AvgIpc) is 3.38. The molecule has 0 aliphatic carbocycles. The lowest BCUT2D eigenvalue weighted by molar-refractivity contribution is 0.475. The van der Waals surface area contributed by atoms with Gasteiger partial charge in [0.15, 0.2) is 0 Å². The molecule has 25 heavy (non-hydrogen) atoms. The van der Waals surface area contributed by atoms with Crippen LogP contribution in [0.2, 0.25) is 0 Å². The number of allylic oxidation sites excluding steroid dienone is 1. The van der Waals surface area contributed by atoms with Crippen molar-refractivity contribution < 1.29 is 8.42 Å². The molecule has 2 aromatic rings. The summed E-state index contributed by atoms with van der Waals surface area (Å²) >= 11 is 0. The van der Waals surface area contributed by atoms with Gasteiger partial charge in [-0.15, -0.1) is 0 Å². The second kappa shape index (κ2) is 6.75. The largest absolute Gasteiger partial charge is 0.282 e. The Morgan fingerprint density at radius 3 is 1.96 bits per heavy atom. The smallest absolute Gasteiger partial charge is 0.195 e. The first-order chi connectivity index (χ1) is 11.9. The van der Waals surface area contributed by atoms with E-state index in [9.17, 15) is 8.42 Å². The van der Waals surface area contributed by atoms with Crippen LogP contribution in [0, 0.1) is 0 Å². The third kappa shape index (κ3) is 3.27. The molecule has 0 aromatic heterocycles. The van der Waals surface area contributed by atoms with Crippen molar-refractivity contribution in [2.75, 3.05) is 14.1 Å². The number of hydrogen-bond acceptors (Lipinski definition) is 2. The van der Waals surface area contributed by atoms with Crippen LogP contribution in [0.4, 0.5) is 0 Å². The Morgan fingerprint density at radius 1 is 0.920 bits per heavy atom. The fraction of sp³-hybridized carbons (Fsp3) is 0.300. The van der Waals surface area contributed by atoms with Crippen LogP contribution in [0.25, 0.3) is 5.57 Å². The van der Waals surface area contributed by atoms with Crippen LogP contribution in [-0.2, 0) is 10.2 Å². The Morgan fingerprint density at radius 2 is 1.44 bits per heavy atom. The monoisotopic (exact) mass is 356 g/mol. The highest BCUT2D eigenvalue weighted by atomic mass is 32.2. The van der Waals surface area contributed by atoms with E-state index in [1.165, 1.54) is 4.31 Å². The minimum atomic E-state index is -3.48. The highest BCUT2D eigenvalue weighted by molar-refractivity contribution is 7.87. The molecule has 3 rings (SSSR count). The molecule has 1 aliphatic rings. The molecule has 1 aliphatic heterocycles. The highest BCUT2D eigenvalue weighted by Gasteiger charge is 2.57. The summed E-state index contributed by atoms with van der Waals surface area (Å²) in [6.07, 6.45) is 0. The SMILES string of the molecule is C/C(=C(/C)[C@H]1[C@@H](c2ccccc2)N1S(=O)(=O)N(C)C)c1ccccc1. The van der Waals surface area contributed by atoms with Gasteiger partial charge in [-0.2, -0.15) is 17.0 Å². The predicted molar refractivity (Wildman–Crippen MR) is 102 cm³/mol. The molecule has 1 saturated heterocycles. The Labute approximate surface area is 150 Å². The van der Waals surface area contributed by atoms with Gasteiger partial charge in [-0.25, -0.2) is 0 Å². The van der Waals surface area contributed by atoms with Crippen LogP contribution in [0.5, 0.6) is 0 Å². The van der Waals surface area contributed by atoms with Crippen molar-refractivity contribution >= 4 is 15.8 Å². The van der Waals surface area contributed by atoms with Gasteiger partial charge in [-0.3, -0.25) is 0 Å². The molecule has 0 amide bonds. The highest BCUT2D eigenvalue weighted by Crippen LogP contribution is 2.51. The average molecular weight is 356 g/mol. The zero-order valence-corrected chi connectivity index (χ0v) is 15.9. The summed E-state index contributed by atoms with van der Waals surface area (Å²) in [5.41, 5.74) is 4.37. The molecular weight excluding hydrogens is 332 g/mol. The van der Waals surface area contributed by atoms with E-state index in [1.807, 2.05) is 55.5 Å². The summed E-state index contributed by atoms with van der Waals surface area (Å²) in [5, 5.41) is 0. The maximum atomic E-state index is 12.8. The number of benzene rings is 2. The third-order valence-electron chi connectivity index (χ3n) is 4.87. The summed E-state index contributed by atoms with van der Waals surface area (Å²) < 4.78 is 28.4. The van der Waals surface area contributed by atoms with Crippen LogP contribution in [0.3, 0.4) is 0 Å². The molecule has 132 valence electrons. The van der Waals surface area contributed by atoms with Crippen LogP contribution >= 0.6 is 0 Å². The first kappa shape index (κ1) is 17.9. The zero-order valence-electron chi connectivity index (χ0n) is 15.0. The van der Waals surface area contributed by atoms with Gasteiger partial charge in [0.1, 0.15) is 0 Å². The summed E-state index contributed by atoms with van der Waals surface area (Å²) in [4.78, 5) is 0. The molecule has 2 aromatic carbocycles. The third-order valence-corrected chi connectivity index (χ3v) is 6.78. The molecule has 0 saturated carbocycles. The van der Waals surface area contributed by atoms with E-state index in [2.05, 4.69) is 19.1 Å². The van der Waals surface area contributed by atoms with Crippen LogP contribution < -0.4 is 0 Å². The van der Waals surface area contributed by atoms with Crippen molar-refractivity contribution in [2.24, 2.45) is 0 Å². The van der Waals surface area contributed by atoms with E-state index in [0.717, 1.165) is 22.3 Å². The minimum absolute atomic E-state index is 0.144. The number of hydrogen-bond donors (Lipinski definition) is 0. The quantitative estimate of drug-likeness (QED) is 0.766. The molecule has 1 heterocycles. The molecule has 0 N–H and O–H groups in total. The lowest BCUT2D eigenvalue weighted by atomic mass is 9.97. The molecule has 1 fully saturated rings. The van der Waals surface area contributed by atoms with E-state index < -0.39 is 10.2 Å². The molecule has 0 spiro atoms. The summed E-state index contributed by atoms with van der Waals surface area (Å²) in [5.74, 6) is 0. The zero-order chi connectivity index (χ0) is 18.2. The van der Waals surface area contributed by atoms with Gasteiger partial charge in [0.05, 0.1) is 12.1 Å². The van der Waals surface area contributed by atoms with E-state index in [0.29, 0.717) is 0 Å². The van der Waals surface area contributed by atoms with Gasteiger partial charge in [-0.1, -0.05) is 60.7 Å². The van der Waals surface area contributed by atoms with Gasteiger partial charge in [-0.05, 0) is 36.1 Å². The van der Waals surface area contributed by atoms with Crippen LogP contribution in [-0.4, -0.2) is 37.2 Å². The lowest BCUT2D eigenvalue weighted by Gasteiger charge is -2.14. The van der Waals surface area contributed by atoms with E-state index in [1.54, 1.807) is 18.4 Å². The Hall–Kier alpha value is -1.95. The minimum Gasteiger partial charge on any atom is -0.195 e. The molecule has 1 unspecified atom stereocenters. The van der Waals surface area contributed by atoms with Crippen LogP contribution in [0.15, 0.2) is 66.2 Å². The van der Waals surface area contributed by atoms with Gasteiger partial charge in [0.25, 0.3) is 10.2 Å². The second-order valence-electron chi connectivity index (χ2n) is 6.59. The van der Waals surface area contributed by atoms with Crippen molar-refractivity contribution in [3.63, 3.8) is 0 Å². The normalized spacial score (nSPS) is 24.1. The number of rotatable bonds is 5. The van der Waals surface area contributed by atoms with Crippen molar-refractivity contribution in [3.8, 4) is 0 Å². The molecule has 5 heteroatoms. The topological polar surface area (TPSA) is 40.4 Å². The maximum absolute atomic E-state index is 12.8. The fourth-order valence-electron chi connectivity index (χ4n) is 3.23. The molecule has 4 nitrogen and oxygen atoms in total. The molecular formula is C20H24N2O2S. The maximum Gasteiger partial charge on any atom is 0.282 e. The van der Waals surface area contributed by atoms with E-state index in [4.69, 9.17) is 0 Å². The molecule has 3 atom stereocenters. The first-order valence-corrected chi connectivity index (χ1v) is 9.74. The van der Waals surface area contributed by atoms with E-state index >= 15 is 0 Å².